The molecule has 0 saturated heterocycles. The molecule has 0 spiro atoms. The van der Waals surface area contributed by atoms with E-state index in [2.05, 4.69) is 7.72 Å². The van der Waals surface area contributed by atoms with Crippen LogP contribution in [0.15, 0.2) is 0 Å². The van der Waals surface area contributed by atoms with Crippen LogP contribution in [0.1, 0.15) is 0 Å². The van der Waals surface area contributed by atoms with Crippen LogP contribution in [-0.4, -0.2) is 7.72 Å². The van der Waals surface area contributed by atoms with Crippen molar-refractivity contribution in [2.45, 2.75) is 0 Å². The zero-order valence-electron chi connectivity index (χ0n) is 1.89. The summed E-state index contributed by atoms with van der Waals surface area (Å²) >= 11 is 0. The van der Waals surface area contributed by atoms with E-state index in [1.165, 1.54) is 0 Å². The Morgan fingerprint density at radius 3 is 1.25 bits per heavy atom. The molecule has 0 rings (SSSR count). The Bertz CT molecular complexity index is 8.00. The SMILES string of the molecule is O=P.[B]=O. The molecule has 0 fully saturated rings. The van der Waals surface area contributed by atoms with Gasteiger partial charge in [-0.05, 0) is 0 Å². The quantitative estimate of drug-likeness (QED) is 0.299. The van der Waals surface area contributed by atoms with Crippen LogP contribution in [0, 0.1) is 0 Å². The zero-order valence-corrected chi connectivity index (χ0v) is 2.89. The second-order valence-corrected chi connectivity index (χ2v) is 0. The molecule has 0 aliphatic carbocycles. The Labute approximate surface area is 27.2 Å². The van der Waals surface area contributed by atoms with Crippen molar-refractivity contribution in [2.24, 2.45) is 0 Å². The van der Waals surface area contributed by atoms with E-state index in [0.717, 1.165) is 0 Å². The first-order chi connectivity index (χ1) is 2.00. The number of hydrogen-bond donors (Lipinski definition) is 0. The maximum absolute atomic E-state index is 8.06. The van der Waals surface area contributed by atoms with Crippen LogP contribution in [0.5, 0.6) is 0 Å². The molecule has 21 valence electrons. The van der Waals surface area contributed by atoms with Crippen molar-refractivity contribution in [3.8, 4) is 0 Å². The molecule has 0 unspecified atom stereocenters. The van der Waals surface area contributed by atoms with E-state index in [4.69, 9.17) is 9.27 Å². The van der Waals surface area contributed by atoms with Crippen LogP contribution in [0.4, 0.5) is 0 Å². The molecule has 0 heterocycles. The van der Waals surface area contributed by atoms with Gasteiger partial charge >= 0.3 is 12.4 Å². The van der Waals surface area contributed by atoms with Crippen molar-refractivity contribution in [2.75, 3.05) is 0 Å². The molecule has 0 aromatic heterocycles. The molecule has 4 heavy (non-hydrogen) atoms. The van der Waals surface area contributed by atoms with Crippen LogP contribution in [-0.2, 0) is 9.27 Å². The number of hydrogen-bond acceptors (Lipinski definition) is 2. The van der Waals surface area contributed by atoms with Gasteiger partial charge in [-0.3, -0.25) is 4.57 Å². The molecule has 2 nitrogen and oxygen atoms in total. The zero-order chi connectivity index (χ0) is 4.00. The van der Waals surface area contributed by atoms with Gasteiger partial charge in [0.25, 0.3) is 0 Å². The van der Waals surface area contributed by atoms with Gasteiger partial charge < -0.3 is 0 Å². The Morgan fingerprint density at radius 1 is 1.25 bits per heavy atom. The monoisotopic (exact) mass is 75.0 g/mol. The van der Waals surface area contributed by atoms with Gasteiger partial charge in [-0.2, -0.15) is 0 Å². The normalized spacial score (nSPS) is 1.75. The van der Waals surface area contributed by atoms with Gasteiger partial charge in [0.2, 0.25) is 0 Å². The molecule has 0 N–H and O–H groups in total. The predicted octanol–water partition coefficient (Wildman–Crippen LogP) is -0.0249. The summed E-state index contributed by atoms with van der Waals surface area (Å²) in [6.45, 7) is 0. The molecule has 0 aromatic carbocycles. The summed E-state index contributed by atoms with van der Waals surface area (Å²) in [6, 6.07) is 0. The van der Waals surface area contributed by atoms with Gasteiger partial charge in [-0.25, -0.2) is 0 Å². The van der Waals surface area contributed by atoms with Gasteiger partial charge in [0, 0.05) is 0 Å². The Kier molecular flexibility index (Phi) is 21000. The Balaban J connectivity index is 0. The average Bonchev–Trinajstić information content (AvgIpc) is 1.50. The van der Waals surface area contributed by atoms with Crippen molar-refractivity contribution in [3.05, 3.63) is 0 Å². The fraction of sp³-hybridized carbons (Fsp3) is 0. The van der Waals surface area contributed by atoms with Crippen molar-refractivity contribution in [1.29, 1.82) is 0 Å². The summed E-state index contributed by atoms with van der Waals surface area (Å²) in [5.41, 5.74) is 0. The molecule has 0 bridgehead atoms. The van der Waals surface area contributed by atoms with Gasteiger partial charge in [0.05, 0.1) is 0 Å². The van der Waals surface area contributed by atoms with Crippen molar-refractivity contribution < 1.29 is 9.27 Å². The van der Waals surface area contributed by atoms with Crippen LogP contribution >= 0.6 is 9.12 Å². The fourth-order valence-corrected chi connectivity index (χ4v) is 0. The van der Waals surface area contributed by atoms with E-state index >= 15 is 0 Å². The third kappa shape index (κ3) is 1490. The van der Waals surface area contributed by atoms with Gasteiger partial charge in [0.1, 0.15) is 9.12 Å². The van der Waals surface area contributed by atoms with Gasteiger partial charge in [0.15, 0.2) is 0 Å². The van der Waals surface area contributed by atoms with Crippen molar-refractivity contribution in [1.82, 2.24) is 0 Å². The number of rotatable bonds is 0. The second-order valence-electron chi connectivity index (χ2n) is 0. The molecule has 1 radical (unpaired) electrons. The second kappa shape index (κ2) is 9310. The van der Waals surface area contributed by atoms with Crippen molar-refractivity contribution in [3.63, 3.8) is 0 Å². The summed E-state index contributed by atoms with van der Waals surface area (Å²) < 4.78 is 15.8. The predicted molar refractivity (Wildman–Crippen MR) is 15.4 cm³/mol. The summed E-state index contributed by atoms with van der Waals surface area (Å²) in [5.74, 6) is 0. The molecule has 0 amide bonds. The average molecular weight is 74.8 g/mol. The van der Waals surface area contributed by atoms with Crippen LogP contribution in [0.3, 0.4) is 0 Å². The maximum atomic E-state index is 8.06. The molecule has 4 heteroatoms. The summed E-state index contributed by atoms with van der Waals surface area (Å²) in [5, 5.41) is 0. The van der Waals surface area contributed by atoms with Crippen LogP contribution < -0.4 is 0 Å². The molecule has 0 aliphatic heterocycles. The van der Waals surface area contributed by atoms with Crippen LogP contribution in [0.2, 0.25) is 0 Å². The molecule has 0 atom stereocenters. The topological polar surface area (TPSA) is 34.1 Å². The fourth-order valence-electron chi connectivity index (χ4n) is 0. The van der Waals surface area contributed by atoms with Crippen LogP contribution in [0.25, 0.3) is 0 Å². The van der Waals surface area contributed by atoms with E-state index in [-0.39, 0.29) is 0 Å². The summed E-state index contributed by atoms with van der Waals surface area (Å²) in [4.78, 5) is 0. The third-order valence-corrected chi connectivity index (χ3v) is 0. The minimum atomic E-state index is 1.72. The van der Waals surface area contributed by atoms with E-state index in [1.807, 2.05) is 0 Å². The standard InChI is InChI=1S/BO.HOP/c2*1-2/h;2H. The van der Waals surface area contributed by atoms with Gasteiger partial charge in [-0.1, -0.05) is 0 Å². The summed E-state index contributed by atoms with van der Waals surface area (Å²) in [6.07, 6.45) is 0. The first-order valence-corrected chi connectivity index (χ1v) is 0.848. The first-order valence-electron chi connectivity index (χ1n) is 0.440. The molecule has 0 aromatic rings. The first kappa shape index (κ1) is 9.03. The summed E-state index contributed by atoms with van der Waals surface area (Å²) in [7, 11) is 4.97. The van der Waals surface area contributed by atoms with Gasteiger partial charge in [-0.15, -0.1) is 0 Å². The minimum absolute atomic E-state index is 1.72. The molecular formula is HBO2P. The Morgan fingerprint density at radius 2 is 1.25 bits per heavy atom. The Hall–Kier alpha value is -0.0351. The molecule has 0 saturated carbocycles. The third-order valence-electron chi connectivity index (χ3n) is 0. The molecular weight excluding hydrogens is 73.8 g/mol. The van der Waals surface area contributed by atoms with E-state index in [1.54, 1.807) is 9.12 Å². The van der Waals surface area contributed by atoms with Crippen molar-refractivity contribution >= 4 is 16.8 Å². The van der Waals surface area contributed by atoms with E-state index < -0.39 is 0 Å². The van der Waals surface area contributed by atoms with E-state index in [0.29, 0.717) is 0 Å². The van der Waals surface area contributed by atoms with E-state index in [9.17, 15) is 0 Å². The molecule has 0 aliphatic rings.